The number of ether oxygens (including phenoxy) is 1. The van der Waals surface area contributed by atoms with E-state index in [1.807, 2.05) is 24.3 Å². The van der Waals surface area contributed by atoms with Gasteiger partial charge in [0, 0.05) is 10.7 Å². The van der Waals surface area contributed by atoms with Gasteiger partial charge in [-0.3, -0.25) is 4.79 Å². The van der Waals surface area contributed by atoms with Gasteiger partial charge >= 0.3 is 5.97 Å². The van der Waals surface area contributed by atoms with Crippen LogP contribution in [0.15, 0.2) is 42.5 Å². The Morgan fingerprint density at radius 2 is 1.96 bits per heavy atom. The normalized spacial score (nSPS) is 11.6. The number of rotatable bonds is 6. The highest BCUT2D eigenvalue weighted by atomic mass is 35.5. The maximum Gasteiger partial charge on any atom is 0.342 e. The number of aromatic hydroxyl groups is 1. The Morgan fingerprint density at radius 1 is 1.24 bits per heavy atom. The van der Waals surface area contributed by atoms with E-state index in [9.17, 15) is 14.7 Å². The third kappa shape index (κ3) is 4.97. The molecule has 0 saturated carbocycles. The van der Waals surface area contributed by atoms with E-state index in [4.69, 9.17) is 16.3 Å². The second kappa shape index (κ2) is 8.53. The molecule has 25 heavy (non-hydrogen) atoms. The molecule has 0 spiro atoms. The average Bonchev–Trinajstić information content (AvgIpc) is 2.59. The number of anilines is 1. The second-order valence-corrected chi connectivity index (χ2v) is 6.12. The SMILES string of the molecule is CC[C@H](C)c1ccccc1NC(=O)COC(=O)c1ccc(Cl)cc1O. The van der Waals surface area contributed by atoms with Crippen molar-refractivity contribution in [1.29, 1.82) is 0 Å². The van der Waals surface area contributed by atoms with E-state index >= 15 is 0 Å². The summed E-state index contributed by atoms with van der Waals surface area (Å²) in [6, 6.07) is 11.6. The van der Waals surface area contributed by atoms with Crippen molar-refractivity contribution in [1.82, 2.24) is 0 Å². The number of nitrogens with one attached hydrogen (secondary N) is 1. The minimum Gasteiger partial charge on any atom is -0.507 e. The second-order valence-electron chi connectivity index (χ2n) is 5.68. The highest BCUT2D eigenvalue weighted by molar-refractivity contribution is 6.30. The molecule has 2 aromatic rings. The van der Waals surface area contributed by atoms with Gasteiger partial charge in [0.25, 0.3) is 5.91 Å². The Labute approximate surface area is 151 Å². The topological polar surface area (TPSA) is 75.6 Å². The van der Waals surface area contributed by atoms with E-state index in [1.54, 1.807) is 0 Å². The number of phenolic OH excluding ortho intramolecular Hbond substituents is 1. The third-order valence-corrected chi connectivity index (χ3v) is 4.13. The molecule has 132 valence electrons. The van der Waals surface area contributed by atoms with Gasteiger partial charge in [0.05, 0.1) is 0 Å². The fourth-order valence-corrected chi connectivity index (χ4v) is 2.50. The largest absolute Gasteiger partial charge is 0.507 e. The van der Waals surface area contributed by atoms with Crippen molar-refractivity contribution >= 4 is 29.2 Å². The molecule has 0 radical (unpaired) electrons. The number of amides is 1. The molecule has 0 aliphatic rings. The number of para-hydroxylation sites is 1. The van der Waals surface area contributed by atoms with E-state index in [-0.39, 0.29) is 11.3 Å². The molecule has 0 aliphatic carbocycles. The van der Waals surface area contributed by atoms with Crippen molar-refractivity contribution in [2.24, 2.45) is 0 Å². The lowest BCUT2D eigenvalue weighted by molar-refractivity contribution is -0.119. The highest BCUT2D eigenvalue weighted by Crippen LogP contribution is 2.26. The number of hydrogen-bond acceptors (Lipinski definition) is 4. The van der Waals surface area contributed by atoms with Gasteiger partial charge in [-0.1, -0.05) is 43.6 Å². The lowest BCUT2D eigenvalue weighted by Crippen LogP contribution is -2.21. The minimum absolute atomic E-state index is 0.0443. The van der Waals surface area contributed by atoms with E-state index < -0.39 is 18.5 Å². The van der Waals surface area contributed by atoms with Crippen molar-refractivity contribution in [2.75, 3.05) is 11.9 Å². The molecular weight excluding hydrogens is 342 g/mol. The first-order chi connectivity index (χ1) is 11.9. The van der Waals surface area contributed by atoms with Crippen molar-refractivity contribution in [2.45, 2.75) is 26.2 Å². The Kier molecular flexibility index (Phi) is 6.42. The summed E-state index contributed by atoms with van der Waals surface area (Å²) in [6.07, 6.45) is 0.942. The average molecular weight is 362 g/mol. The molecule has 0 fully saturated rings. The van der Waals surface area contributed by atoms with Crippen molar-refractivity contribution in [3.05, 3.63) is 58.6 Å². The molecule has 1 atom stereocenters. The summed E-state index contributed by atoms with van der Waals surface area (Å²) >= 11 is 5.72. The molecule has 0 unspecified atom stereocenters. The molecule has 0 bridgehead atoms. The van der Waals surface area contributed by atoms with E-state index in [1.165, 1.54) is 18.2 Å². The predicted molar refractivity (Wildman–Crippen MR) is 97.2 cm³/mol. The minimum atomic E-state index is -0.792. The van der Waals surface area contributed by atoms with Crippen LogP contribution in [0.5, 0.6) is 5.75 Å². The third-order valence-electron chi connectivity index (χ3n) is 3.89. The number of esters is 1. The van der Waals surface area contributed by atoms with Crippen LogP contribution in [0.25, 0.3) is 0 Å². The molecule has 0 aromatic heterocycles. The van der Waals surface area contributed by atoms with Gasteiger partial charge in [-0.2, -0.15) is 0 Å². The van der Waals surface area contributed by atoms with Crippen LogP contribution in [-0.4, -0.2) is 23.6 Å². The smallest absolute Gasteiger partial charge is 0.342 e. The zero-order valence-electron chi connectivity index (χ0n) is 14.1. The first-order valence-corrected chi connectivity index (χ1v) is 8.34. The number of halogens is 1. The highest BCUT2D eigenvalue weighted by Gasteiger charge is 2.16. The van der Waals surface area contributed by atoms with Crippen molar-refractivity contribution in [3.8, 4) is 5.75 Å². The summed E-state index contributed by atoms with van der Waals surface area (Å²) in [5.41, 5.74) is 1.68. The number of hydrogen-bond donors (Lipinski definition) is 2. The Morgan fingerprint density at radius 3 is 2.64 bits per heavy atom. The molecule has 5 nitrogen and oxygen atoms in total. The van der Waals surface area contributed by atoms with E-state index in [0.717, 1.165) is 12.0 Å². The first-order valence-electron chi connectivity index (χ1n) is 7.96. The van der Waals surface area contributed by atoms with Crippen molar-refractivity contribution < 1.29 is 19.4 Å². The summed E-state index contributed by atoms with van der Waals surface area (Å²) in [5, 5.41) is 12.8. The maximum absolute atomic E-state index is 12.1. The summed E-state index contributed by atoms with van der Waals surface area (Å²) in [5.74, 6) is -1.23. The molecule has 2 N–H and O–H groups in total. The van der Waals surface area contributed by atoms with E-state index in [2.05, 4.69) is 19.2 Å². The number of benzene rings is 2. The Bertz CT molecular complexity index is 776. The van der Waals surface area contributed by atoms with Gasteiger partial charge in [-0.15, -0.1) is 0 Å². The monoisotopic (exact) mass is 361 g/mol. The van der Waals surface area contributed by atoms with Crippen LogP contribution in [0.2, 0.25) is 5.02 Å². The Hall–Kier alpha value is -2.53. The number of carbonyl (C=O) groups excluding carboxylic acids is 2. The van der Waals surface area contributed by atoms with E-state index in [0.29, 0.717) is 16.6 Å². The standard InChI is InChI=1S/C19H20ClNO4/c1-3-12(2)14-6-4-5-7-16(14)21-18(23)11-25-19(24)15-9-8-13(20)10-17(15)22/h4-10,12,22H,3,11H2,1-2H3,(H,21,23)/t12-/m0/s1. The fourth-order valence-electron chi connectivity index (χ4n) is 2.33. The summed E-state index contributed by atoms with van der Waals surface area (Å²) < 4.78 is 4.96. The zero-order valence-corrected chi connectivity index (χ0v) is 14.8. The number of phenols is 1. The summed E-state index contributed by atoms with van der Waals surface area (Å²) in [6.45, 7) is 3.70. The van der Waals surface area contributed by atoms with Crippen LogP contribution in [0.4, 0.5) is 5.69 Å². The maximum atomic E-state index is 12.1. The van der Waals surface area contributed by atoms with Crippen LogP contribution in [-0.2, 0) is 9.53 Å². The number of carbonyl (C=O) groups is 2. The van der Waals surface area contributed by atoms with Gasteiger partial charge in [-0.05, 0) is 42.2 Å². The Balaban J connectivity index is 1.98. The van der Waals surface area contributed by atoms with Gasteiger partial charge < -0.3 is 15.2 Å². The summed E-state index contributed by atoms with van der Waals surface area (Å²) in [7, 11) is 0. The molecule has 6 heteroatoms. The lowest BCUT2D eigenvalue weighted by Gasteiger charge is -2.15. The zero-order chi connectivity index (χ0) is 18.4. The van der Waals surface area contributed by atoms with Crippen LogP contribution >= 0.6 is 11.6 Å². The van der Waals surface area contributed by atoms with Gasteiger partial charge in [0.1, 0.15) is 11.3 Å². The molecule has 0 aliphatic heterocycles. The predicted octanol–water partition coefficient (Wildman–Crippen LogP) is 4.35. The molecule has 1 amide bonds. The molecular formula is C19H20ClNO4. The van der Waals surface area contributed by atoms with Crippen LogP contribution in [0, 0.1) is 0 Å². The molecule has 0 heterocycles. The lowest BCUT2D eigenvalue weighted by atomic mass is 9.97. The van der Waals surface area contributed by atoms with Gasteiger partial charge in [0.15, 0.2) is 6.61 Å². The summed E-state index contributed by atoms with van der Waals surface area (Å²) in [4.78, 5) is 24.0. The molecule has 0 saturated heterocycles. The van der Waals surface area contributed by atoms with Gasteiger partial charge in [-0.25, -0.2) is 4.79 Å². The van der Waals surface area contributed by atoms with Crippen molar-refractivity contribution in [3.63, 3.8) is 0 Å². The molecule has 2 aromatic carbocycles. The fraction of sp³-hybridized carbons (Fsp3) is 0.263. The quantitative estimate of drug-likeness (QED) is 0.750. The first kappa shape index (κ1) is 18.8. The van der Waals surface area contributed by atoms with Crippen LogP contribution in [0.3, 0.4) is 0 Å². The van der Waals surface area contributed by atoms with Crippen LogP contribution < -0.4 is 5.32 Å². The molecule has 2 rings (SSSR count). The van der Waals surface area contributed by atoms with Crippen LogP contribution in [0.1, 0.15) is 42.1 Å². The van der Waals surface area contributed by atoms with Gasteiger partial charge in [0.2, 0.25) is 0 Å².